The van der Waals surface area contributed by atoms with E-state index in [1.54, 1.807) is 0 Å². The first-order valence-electron chi connectivity index (χ1n) is 10.1. The third-order valence-corrected chi connectivity index (χ3v) is 5.04. The first-order chi connectivity index (χ1) is 13.1. The number of hydrogen-bond donors (Lipinski definition) is 0. The summed E-state index contributed by atoms with van der Waals surface area (Å²) in [5.74, 6) is 0.900. The fraction of sp³-hybridized carbons (Fsp3) is 0.370. The molecule has 3 rings (SSSR count). The summed E-state index contributed by atoms with van der Waals surface area (Å²) in [4.78, 5) is 4.90. The van der Waals surface area contributed by atoms with Crippen LogP contribution < -0.4 is 0 Å². The summed E-state index contributed by atoms with van der Waals surface area (Å²) in [7, 11) is 0. The molecule has 2 aromatic carbocycles. The molecule has 0 saturated carbocycles. The summed E-state index contributed by atoms with van der Waals surface area (Å²) < 4.78 is 0. The van der Waals surface area contributed by atoms with Crippen LogP contribution in [0.1, 0.15) is 75.5 Å². The van der Waals surface area contributed by atoms with Gasteiger partial charge in [-0.1, -0.05) is 63.1 Å². The molecular weight excluding hydrogens is 531 g/mol. The number of aliphatic imine (C=N–C) groups is 1. The van der Waals surface area contributed by atoms with Crippen LogP contribution in [0.3, 0.4) is 0 Å². The third-order valence-electron chi connectivity index (χ3n) is 5.04. The number of benzene rings is 2. The molecule has 158 valence electrons. The number of nitrogens with zero attached hydrogens (tertiary/aromatic N) is 2. The van der Waals surface area contributed by atoms with E-state index >= 15 is 0 Å². The van der Waals surface area contributed by atoms with Gasteiger partial charge >= 0.3 is 25.8 Å². The molecule has 0 fully saturated rings. The van der Waals surface area contributed by atoms with Crippen molar-refractivity contribution in [2.24, 2.45) is 4.99 Å². The van der Waals surface area contributed by atoms with Crippen LogP contribution in [0.5, 0.6) is 0 Å². The molecule has 2 nitrogen and oxygen atoms in total. The summed E-state index contributed by atoms with van der Waals surface area (Å²) in [6.07, 6.45) is 5.50. The van der Waals surface area contributed by atoms with Crippen LogP contribution in [-0.4, -0.2) is 5.71 Å². The second-order valence-corrected chi connectivity index (χ2v) is 7.84. The predicted octanol–water partition coefficient (Wildman–Crippen LogP) is 8.35. The molecular formula is C27H36HfN2. The molecule has 0 unspecified atom stereocenters. The number of para-hydroxylation sites is 1. The smallest absolute Gasteiger partial charge is 0.656 e. The Morgan fingerprint density at radius 2 is 1.63 bits per heavy atom. The van der Waals surface area contributed by atoms with E-state index in [9.17, 15) is 0 Å². The number of allylic oxidation sites excluding steroid dienone is 2. The van der Waals surface area contributed by atoms with Gasteiger partial charge in [0, 0.05) is 12.3 Å². The number of hydrogen-bond acceptors (Lipinski definition) is 1. The molecule has 0 N–H and O–H groups in total. The Morgan fingerprint density at radius 3 is 2.20 bits per heavy atom. The molecule has 0 atom stereocenters. The van der Waals surface area contributed by atoms with Crippen molar-refractivity contribution in [1.29, 1.82) is 0 Å². The van der Waals surface area contributed by atoms with Crippen molar-refractivity contribution in [2.75, 3.05) is 0 Å². The molecule has 1 aliphatic rings. The Kier molecular flexibility index (Phi) is 13.1. The molecule has 3 heteroatoms. The van der Waals surface area contributed by atoms with Gasteiger partial charge in [0.1, 0.15) is 0 Å². The minimum absolute atomic E-state index is 0. The molecule has 0 aromatic heterocycles. The fourth-order valence-electron chi connectivity index (χ4n) is 3.50. The second kappa shape index (κ2) is 13.7. The van der Waals surface area contributed by atoms with Crippen molar-refractivity contribution in [2.45, 2.75) is 65.3 Å². The SMILES string of the molecule is CC(C)c1cccc(C(C)C)c1[N-]C1=CCCCC1=NCc1[c-]cccc1.[CH3-].[CH3-].[Hf+4]. The molecule has 0 amide bonds. The first-order valence-corrected chi connectivity index (χ1v) is 10.1. The van der Waals surface area contributed by atoms with Gasteiger partial charge in [-0.25, -0.2) is 0 Å². The Hall–Kier alpha value is -1.48. The van der Waals surface area contributed by atoms with Gasteiger partial charge < -0.3 is 20.2 Å². The third kappa shape index (κ3) is 7.34. The van der Waals surface area contributed by atoms with Gasteiger partial charge in [-0.2, -0.15) is 30.3 Å². The van der Waals surface area contributed by atoms with E-state index in [1.807, 2.05) is 18.2 Å². The monoisotopic (exact) mass is 568 g/mol. The summed E-state index contributed by atoms with van der Waals surface area (Å²) in [5.41, 5.74) is 7.11. The van der Waals surface area contributed by atoms with Gasteiger partial charge in [0.2, 0.25) is 0 Å². The van der Waals surface area contributed by atoms with Crippen LogP contribution in [0.15, 0.2) is 59.2 Å². The predicted molar refractivity (Wildman–Crippen MR) is 129 cm³/mol. The van der Waals surface area contributed by atoms with Crippen molar-refractivity contribution in [3.8, 4) is 0 Å². The molecule has 0 heterocycles. The zero-order valence-electron chi connectivity index (χ0n) is 19.5. The second-order valence-electron chi connectivity index (χ2n) is 7.84. The molecule has 0 aliphatic heterocycles. The van der Waals surface area contributed by atoms with Crippen molar-refractivity contribution in [3.63, 3.8) is 0 Å². The van der Waals surface area contributed by atoms with E-state index < -0.39 is 0 Å². The zero-order valence-corrected chi connectivity index (χ0v) is 23.1. The normalized spacial score (nSPS) is 14.5. The molecule has 0 saturated heterocycles. The maximum absolute atomic E-state index is 5.17. The van der Waals surface area contributed by atoms with E-state index in [4.69, 9.17) is 10.3 Å². The fourth-order valence-corrected chi connectivity index (χ4v) is 3.50. The van der Waals surface area contributed by atoms with Crippen LogP contribution in [-0.2, 0) is 32.4 Å². The van der Waals surface area contributed by atoms with Gasteiger partial charge in [0.25, 0.3) is 0 Å². The van der Waals surface area contributed by atoms with Gasteiger partial charge in [0.05, 0.1) is 0 Å². The molecule has 0 bridgehead atoms. The maximum atomic E-state index is 5.17. The largest absolute Gasteiger partial charge is 4.00 e. The van der Waals surface area contributed by atoms with Gasteiger partial charge in [-0.05, 0) is 31.1 Å². The molecule has 2 aromatic rings. The molecule has 0 spiro atoms. The van der Waals surface area contributed by atoms with Crippen LogP contribution >= 0.6 is 0 Å². The Morgan fingerprint density at radius 1 is 0.967 bits per heavy atom. The first kappa shape index (κ1) is 28.5. The van der Waals surface area contributed by atoms with Crippen molar-refractivity contribution < 1.29 is 25.8 Å². The molecule has 30 heavy (non-hydrogen) atoms. The van der Waals surface area contributed by atoms with E-state index in [2.05, 4.69) is 64.1 Å². The topological polar surface area (TPSA) is 26.5 Å². The van der Waals surface area contributed by atoms with E-state index in [0.29, 0.717) is 18.4 Å². The van der Waals surface area contributed by atoms with Crippen molar-refractivity contribution in [3.05, 3.63) is 97.2 Å². The quantitative estimate of drug-likeness (QED) is 0.248. The molecule has 1 aliphatic carbocycles. The Bertz CT molecular complexity index is 794. The van der Waals surface area contributed by atoms with Crippen molar-refractivity contribution >= 4 is 11.4 Å². The van der Waals surface area contributed by atoms with Crippen LogP contribution in [0, 0.1) is 20.9 Å². The maximum Gasteiger partial charge on any atom is 4.00 e. The summed E-state index contributed by atoms with van der Waals surface area (Å²) in [6.45, 7) is 9.65. The summed E-state index contributed by atoms with van der Waals surface area (Å²) in [6, 6.07) is 17.9. The van der Waals surface area contributed by atoms with E-state index in [-0.39, 0.29) is 40.7 Å². The standard InChI is InChI=1S/C25H30N2.2CH3.Hf/c1-18(2)21-13-10-14-22(19(3)4)25(21)27-24-16-9-8-15-23(24)26-17-20-11-6-5-7-12-20;;;/h5-7,10-11,13-14,16,18-19H,8-9,15,17H2,1-4H3;2*1H3;/q-2;2*-1;+4. The summed E-state index contributed by atoms with van der Waals surface area (Å²) >= 11 is 0. The average molecular weight is 567 g/mol. The molecule has 0 radical (unpaired) electrons. The number of rotatable bonds is 6. The van der Waals surface area contributed by atoms with E-state index in [1.165, 1.54) is 11.1 Å². The van der Waals surface area contributed by atoms with E-state index in [0.717, 1.165) is 41.9 Å². The van der Waals surface area contributed by atoms with Crippen LogP contribution in [0.25, 0.3) is 5.32 Å². The van der Waals surface area contributed by atoms with Gasteiger partial charge in [-0.3, -0.25) is 4.99 Å². The zero-order chi connectivity index (χ0) is 19.2. The Balaban J connectivity index is 0.00000280. The van der Waals surface area contributed by atoms with Gasteiger partial charge in [-0.15, -0.1) is 16.9 Å². The van der Waals surface area contributed by atoms with Crippen LogP contribution in [0.2, 0.25) is 0 Å². The van der Waals surface area contributed by atoms with Crippen molar-refractivity contribution in [1.82, 2.24) is 0 Å². The van der Waals surface area contributed by atoms with Crippen LogP contribution in [0.4, 0.5) is 5.69 Å². The summed E-state index contributed by atoms with van der Waals surface area (Å²) in [5, 5.41) is 5.17. The minimum atomic E-state index is 0. The minimum Gasteiger partial charge on any atom is -0.656 e. The Labute approximate surface area is 204 Å². The average Bonchev–Trinajstić information content (AvgIpc) is 2.68. The van der Waals surface area contributed by atoms with Gasteiger partial charge in [0.15, 0.2) is 0 Å².